The SMILES string of the molecule is CC1CC2(CCN(c3ccc(C(=O)N4CC5(CC(CN6Cc7cc(C=O)c(C(=O)N(C)C8CCC(=O)NC8=O)cc7C6)C5)C4)cc3)CC2)CN1c1ccc(C#N)c(Cl)c1. The third-order valence-corrected chi connectivity index (χ3v) is 14.6. The number of hydrogen-bond acceptors (Lipinski definition) is 9. The minimum absolute atomic E-state index is 0.0979. The quantitative estimate of drug-likeness (QED) is 0.226. The number of likely N-dealkylation sites (N-methyl/N-ethyl adjacent to an activating group) is 1. The predicted octanol–water partition coefficient (Wildman–Crippen LogP) is 5.65. The van der Waals surface area contributed by atoms with Gasteiger partial charge in [-0.15, -0.1) is 0 Å². The lowest BCUT2D eigenvalue weighted by molar-refractivity contribution is -0.136. The zero-order chi connectivity index (χ0) is 41.2. The number of carbonyl (C=O) groups excluding carboxylic acids is 5. The standard InChI is InChI=1S/C46H50ClN7O5/c1-29-18-45(28-54(29)37-8-5-32(21-48)39(47)17-37)11-13-52(14-12-45)36-6-3-31(4-7-36)43(58)53-26-46(27-53)19-30(20-46)22-51-23-33-15-35(25-55)38(16-34(33)24-51)44(59)50(2)40-9-10-41(56)49-42(40)57/h3-8,15-17,25,29-30,40H,9-14,18-20,22-24,26-28H2,1-2H3,(H,49,56,57). The van der Waals surface area contributed by atoms with Crippen molar-refractivity contribution in [2.75, 3.05) is 56.1 Å². The Morgan fingerprint density at radius 3 is 2.31 bits per heavy atom. The Hall–Kier alpha value is -5.25. The molecule has 3 aromatic carbocycles. The topological polar surface area (TPSA) is 137 Å². The molecule has 4 saturated heterocycles. The Morgan fingerprint density at radius 2 is 1.64 bits per heavy atom. The van der Waals surface area contributed by atoms with E-state index in [0.29, 0.717) is 47.5 Å². The summed E-state index contributed by atoms with van der Waals surface area (Å²) < 4.78 is 0. The highest BCUT2D eigenvalue weighted by molar-refractivity contribution is 6.32. The normalized spacial score (nSPS) is 23.4. The first-order valence-electron chi connectivity index (χ1n) is 20.9. The van der Waals surface area contributed by atoms with Crippen molar-refractivity contribution in [2.24, 2.45) is 16.7 Å². The lowest BCUT2D eigenvalue weighted by atomic mass is 9.57. The van der Waals surface area contributed by atoms with Crippen LogP contribution >= 0.6 is 11.6 Å². The number of aldehydes is 1. The van der Waals surface area contributed by atoms with Gasteiger partial charge in [0.15, 0.2) is 6.29 Å². The summed E-state index contributed by atoms with van der Waals surface area (Å²) in [4.78, 5) is 73.7. The number of nitriles is 1. The fourth-order valence-corrected chi connectivity index (χ4v) is 11.4. The predicted molar refractivity (Wildman–Crippen MR) is 223 cm³/mol. The number of nitrogens with one attached hydrogen (secondary N) is 1. The van der Waals surface area contributed by atoms with Crippen molar-refractivity contribution < 1.29 is 24.0 Å². The van der Waals surface area contributed by atoms with Crippen molar-refractivity contribution in [2.45, 2.75) is 77.0 Å². The lowest BCUT2D eigenvalue weighted by Gasteiger charge is -2.59. The molecule has 1 saturated carbocycles. The highest BCUT2D eigenvalue weighted by atomic mass is 35.5. The smallest absolute Gasteiger partial charge is 0.255 e. The molecule has 13 heteroatoms. The Morgan fingerprint density at radius 1 is 0.949 bits per heavy atom. The highest BCUT2D eigenvalue weighted by Crippen LogP contribution is 2.53. The summed E-state index contributed by atoms with van der Waals surface area (Å²) >= 11 is 6.38. The van der Waals surface area contributed by atoms with E-state index in [2.05, 4.69) is 45.1 Å². The van der Waals surface area contributed by atoms with Gasteiger partial charge in [0.2, 0.25) is 11.8 Å². The van der Waals surface area contributed by atoms with Gasteiger partial charge in [-0.3, -0.25) is 34.2 Å². The third-order valence-electron chi connectivity index (χ3n) is 14.3. The van der Waals surface area contributed by atoms with Crippen molar-refractivity contribution in [1.29, 1.82) is 5.26 Å². The van der Waals surface area contributed by atoms with E-state index >= 15 is 0 Å². The number of rotatable bonds is 8. The molecule has 12 nitrogen and oxygen atoms in total. The summed E-state index contributed by atoms with van der Waals surface area (Å²) in [5.74, 6) is -0.614. The summed E-state index contributed by atoms with van der Waals surface area (Å²) in [6.45, 7) is 9.13. The number of benzene rings is 3. The molecule has 0 aromatic heterocycles. The Bertz CT molecular complexity index is 2270. The number of hydrogen-bond donors (Lipinski definition) is 1. The Labute approximate surface area is 350 Å². The van der Waals surface area contributed by atoms with E-state index < -0.39 is 17.9 Å². The molecule has 5 heterocycles. The molecule has 9 rings (SSSR count). The largest absolute Gasteiger partial charge is 0.371 e. The number of nitrogens with zero attached hydrogens (tertiary/aromatic N) is 6. The first kappa shape index (κ1) is 39.2. The van der Waals surface area contributed by atoms with Gasteiger partial charge < -0.3 is 19.6 Å². The summed E-state index contributed by atoms with van der Waals surface area (Å²) in [7, 11) is 1.54. The van der Waals surface area contributed by atoms with E-state index in [9.17, 15) is 29.2 Å². The number of piperidine rings is 2. The number of halogens is 1. The van der Waals surface area contributed by atoms with Crippen LogP contribution in [-0.4, -0.2) is 103 Å². The average molecular weight is 816 g/mol. The maximum absolute atomic E-state index is 13.5. The monoisotopic (exact) mass is 815 g/mol. The summed E-state index contributed by atoms with van der Waals surface area (Å²) in [5, 5.41) is 12.1. The number of imide groups is 1. The van der Waals surface area contributed by atoms with E-state index in [0.717, 1.165) is 99.4 Å². The first-order valence-corrected chi connectivity index (χ1v) is 21.3. The molecule has 1 aliphatic carbocycles. The van der Waals surface area contributed by atoms with Crippen molar-refractivity contribution in [3.63, 3.8) is 0 Å². The van der Waals surface area contributed by atoms with Crippen molar-refractivity contribution in [3.05, 3.63) is 93.0 Å². The molecule has 2 atom stereocenters. The summed E-state index contributed by atoms with van der Waals surface area (Å²) in [6.07, 6.45) is 6.64. The molecule has 306 valence electrons. The zero-order valence-electron chi connectivity index (χ0n) is 33.7. The van der Waals surface area contributed by atoms with Crippen LogP contribution in [0.1, 0.15) is 99.6 Å². The fourth-order valence-electron chi connectivity index (χ4n) is 11.2. The van der Waals surface area contributed by atoms with Crippen LogP contribution < -0.4 is 15.1 Å². The van der Waals surface area contributed by atoms with Gasteiger partial charge in [-0.2, -0.15) is 5.26 Å². The minimum Gasteiger partial charge on any atom is -0.371 e. The number of fused-ring (bicyclic) bond motifs is 1. The molecule has 2 unspecified atom stereocenters. The van der Waals surface area contributed by atoms with Crippen LogP contribution in [0, 0.1) is 28.1 Å². The van der Waals surface area contributed by atoms with Gasteiger partial charge in [0.25, 0.3) is 11.8 Å². The second kappa shape index (κ2) is 15.1. The number of amides is 4. The third kappa shape index (κ3) is 7.27. The van der Waals surface area contributed by atoms with Crippen molar-refractivity contribution in [3.8, 4) is 6.07 Å². The van der Waals surface area contributed by atoms with Gasteiger partial charge in [0.05, 0.1) is 16.1 Å². The van der Waals surface area contributed by atoms with Gasteiger partial charge in [0, 0.05) is 99.8 Å². The van der Waals surface area contributed by atoms with Crippen LogP contribution in [0.4, 0.5) is 11.4 Å². The van der Waals surface area contributed by atoms with Crippen molar-refractivity contribution >= 4 is 52.9 Å². The molecule has 2 spiro atoms. The Kier molecular flexibility index (Phi) is 10.0. The van der Waals surface area contributed by atoms with E-state index in [1.54, 1.807) is 13.1 Å². The maximum atomic E-state index is 13.5. The van der Waals surface area contributed by atoms with Crippen molar-refractivity contribution in [1.82, 2.24) is 20.0 Å². The number of likely N-dealkylation sites (tertiary alicyclic amines) is 1. The van der Waals surface area contributed by atoms with Crippen LogP contribution in [0.3, 0.4) is 0 Å². The molecule has 5 aliphatic heterocycles. The van der Waals surface area contributed by atoms with Gasteiger partial charge in [0.1, 0.15) is 12.1 Å². The second-order valence-electron chi connectivity index (χ2n) is 18.3. The second-order valence-corrected chi connectivity index (χ2v) is 18.7. The van der Waals surface area contributed by atoms with Crippen LogP contribution in [0.15, 0.2) is 54.6 Å². The van der Waals surface area contributed by atoms with Crippen LogP contribution in [-0.2, 0) is 22.7 Å². The molecule has 4 amide bonds. The summed E-state index contributed by atoms with van der Waals surface area (Å²) in [6, 6.07) is 19.3. The lowest BCUT2D eigenvalue weighted by Crippen LogP contribution is -2.64. The molecular weight excluding hydrogens is 766 g/mol. The average Bonchev–Trinajstić information content (AvgIpc) is 3.75. The molecule has 5 fully saturated rings. The van der Waals surface area contributed by atoms with E-state index in [1.807, 2.05) is 41.3 Å². The summed E-state index contributed by atoms with van der Waals surface area (Å²) in [5.41, 5.74) is 6.59. The molecule has 0 bridgehead atoms. The van der Waals surface area contributed by atoms with E-state index in [4.69, 9.17) is 11.6 Å². The van der Waals surface area contributed by atoms with Crippen LogP contribution in [0.5, 0.6) is 0 Å². The molecule has 6 aliphatic rings. The minimum atomic E-state index is -0.758. The van der Waals surface area contributed by atoms with Crippen LogP contribution in [0.2, 0.25) is 5.02 Å². The maximum Gasteiger partial charge on any atom is 0.255 e. The van der Waals surface area contributed by atoms with Gasteiger partial charge in [-0.1, -0.05) is 11.6 Å². The van der Waals surface area contributed by atoms with Crippen LogP contribution in [0.25, 0.3) is 0 Å². The first-order chi connectivity index (χ1) is 28.3. The molecule has 3 aromatic rings. The van der Waals surface area contributed by atoms with Gasteiger partial charge in [-0.05, 0) is 123 Å². The van der Waals surface area contributed by atoms with E-state index in [-0.39, 0.29) is 41.0 Å². The highest BCUT2D eigenvalue weighted by Gasteiger charge is 2.54. The molecule has 1 N–H and O–H groups in total. The Balaban J connectivity index is 0.732. The number of anilines is 2. The molecular formula is C46H50ClN7O5. The fraction of sp³-hybridized carbons (Fsp3) is 0.478. The zero-order valence-corrected chi connectivity index (χ0v) is 34.5. The number of carbonyl (C=O) groups is 5. The molecule has 0 radical (unpaired) electrons. The van der Waals surface area contributed by atoms with E-state index in [1.165, 1.54) is 4.90 Å². The molecule has 59 heavy (non-hydrogen) atoms. The van der Waals surface area contributed by atoms with Gasteiger partial charge >= 0.3 is 0 Å². The van der Waals surface area contributed by atoms with Gasteiger partial charge in [-0.25, -0.2) is 0 Å².